The van der Waals surface area contributed by atoms with Crippen molar-refractivity contribution in [2.75, 3.05) is 0 Å². The average Bonchev–Trinajstić information content (AvgIpc) is 2.60. The molecule has 1 heteroatoms. The highest BCUT2D eigenvalue weighted by atomic mass is 16.3. The maximum absolute atomic E-state index is 9.51. The van der Waals surface area contributed by atoms with Crippen LogP contribution >= 0.6 is 0 Å². The molecule has 0 saturated heterocycles. The first-order chi connectivity index (χ1) is 5.72. The first-order valence-corrected chi connectivity index (χ1v) is 5.05. The molecule has 0 radical (unpaired) electrons. The molecule has 4 unspecified atom stereocenters. The van der Waals surface area contributed by atoms with Crippen molar-refractivity contribution in [3.05, 3.63) is 11.6 Å². The summed E-state index contributed by atoms with van der Waals surface area (Å²) in [6, 6.07) is 0. The standard InChI is InChI=1S/C11H18O/c1-3-8-4-10-5-9(8)6-11(10)7(2)12/h3,7,9-12H,4-6H2,1-2H3. The first-order valence-electron chi connectivity index (χ1n) is 5.05. The van der Waals surface area contributed by atoms with Gasteiger partial charge in [-0.25, -0.2) is 0 Å². The van der Waals surface area contributed by atoms with E-state index in [0.29, 0.717) is 5.92 Å². The molecule has 1 nitrogen and oxygen atoms in total. The van der Waals surface area contributed by atoms with Gasteiger partial charge in [-0.05, 0) is 50.9 Å². The van der Waals surface area contributed by atoms with Crippen LogP contribution in [0.2, 0.25) is 0 Å². The van der Waals surface area contributed by atoms with Crippen LogP contribution in [0.3, 0.4) is 0 Å². The van der Waals surface area contributed by atoms with Crippen molar-refractivity contribution in [3.8, 4) is 0 Å². The Kier molecular flexibility index (Phi) is 1.99. The van der Waals surface area contributed by atoms with E-state index < -0.39 is 0 Å². The molecule has 4 atom stereocenters. The predicted molar refractivity (Wildman–Crippen MR) is 49.8 cm³/mol. The Morgan fingerprint density at radius 2 is 2.25 bits per heavy atom. The lowest BCUT2D eigenvalue weighted by Crippen LogP contribution is -2.23. The number of aliphatic hydroxyl groups excluding tert-OH is 1. The molecule has 2 aliphatic rings. The summed E-state index contributed by atoms with van der Waals surface area (Å²) in [7, 11) is 0. The number of aliphatic hydroxyl groups is 1. The van der Waals surface area contributed by atoms with Crippen LogP contribution in [-0.2, 0) is 0 Å². The van der Waals surface area contributed by atoms with Gasteiger partial charge >= 0.3 is 0 Å². The summed E-state index contributed by atoms with van der Waals surface area (Å²) in [4.78, 5) is 0. The Balaban J connectivity index is 2.08. The quantitative estimate of drug-likeness (QED) is 0.593. The Morgan fingerprint density at radius 3 is 2.67 bits per heavy atom. The summed E-state index contributed by atoms with van der Waals surface area (Å²) in [5, 5.41) is 9.51. The van der Waals surface area contributed by atoms with Crippen molar-refractivity contribution < 1.29 is 5.11 Å². The summed E-state index contributed by atoms with van der Waals surface area (Å²) in [5.74, 6) is 2.21. The van der Waals surface area contributed by atoms with E-state index >= 15 is 0 Å². The van der Waals surface area contributed by atoms with Gasteiger partial charge in [-0.2, -0.15) is 0 Å². The summed E-state index contributed by atoms with van der Waals surface area (Å²) < 4.78 is 0. The highest BCUT2D eigenvalue weighted by Crippen LogP contribution is 2.52. The minimum absolute atomic E-state index is 0.0848. The normalized spacial score (nSPS) is 45.6. The van der Waals surface area contributed by atoms with E-state index in [9.17, 15) is 5.11 Å². The third-order valence-corrected chi connectivity index (χ3v) is 3.76. The third kappa shape index (κ3) is 1.11. The second-order valence-corrected chi connectivity index (χ2v) is 4.40. The van der Waals surface area contributed by atoms with Crippen LogP contribution in [0, 0.1) is 17.8 Å². The summed E-state index contributed by atoms with van der Waals surface area (Å²) >= 11 is 0. The molecule has 0 aromatic carbocycles. The van der Waals surface area contributed by atoms with E-state index in [1.807, 2.05) is 6.92 Å². The van der Waals surface area contributed by atoms with Crippen molar-refractivity contribution in [1.29, 1.82) is 0 Å². The van der Waals surface area contributed by atoms with Crippen molar-refractivity contribution >= 4 is 0 Å². The van der Waals surface area contributed by atoms with E-state index in [0.717, 1.165) is 11.8 Å². The van der Waals surface area contributed by atoms with E-state index in [1.165, 1.54) is 19.3 Å². The fraction of sp³-hybridized carbons (Fsp3) is 0.818. The van der Waals surface area contributed by atoms with E-state index in [1.54, 1.807) is 5.57 Å². The Bertz CT molecular complexity index is 205. The summed E-state index contributed by atoms with van der Waals surface area (Å²) in [6.45, 7) is 4.09. The number of allylic oxidation sites excluding steroid dienone is 2. The molecular formula is C11H18O. The zero-order valence-electron chi connectivity index (χ0n) is 7.96. The van der Waals surface area contributed by atoms with Crippen molar-refractivity contribution in [2.24, 2.45) is 17.8 Å². The molecule has 2 rings (SSSR count). The first kappa shape index (κ1) is 8.31. The third-order valence-electron chi connectivity index (χ3n) is 3.76. The number of hydrogen-bond donors (Lipinski definition) is 1. The molecule has 0 heterocycles. The van der Waals surface area contributed by atoms with Gasteiger partial charge in [-0.3, -0.25) is 0 Å². The SMILES string of the molecule is CC=C1CC2CC1CC2C(C)O. The lowest BCUT2D eigenvalue weighted by Gasteiger charge is -2.25. The molecule has 2 bridgehead atoms. The number of fused-ring (bicyclic) bond motifs is 2. The molecule has 68 valence electrons. The highest BCUT2D eigenvalue weighted by molar-refractivity contribution is 5.17. The topological polar surface area (TPSA) is 20.2 Å². The van der Waals surface area contributed by atoms with E-state index in [2.05, 4.69) is 13.0 Å². The van der Waals surface area contributed by atoms with Gasteiger partial charge in [0.1, 0.15) is 0 Å². The fourth-order valence-corrected chi connectivity index (χ4v) is 3.11. The molecule has 0 aromatic heterocycles. The molecule has 0 spiro atoms. The zero-order chi connectivity index (χ0) is 8.72. The Labute approximate surface area is 74.5 Å². The second kappa shape index (κ2) is 2.88. The van der Waals surface area contributed by atoms with Gasteiger partial charge in [0.05, 0.1) is 6.10 Å². The molecule has 1 N–H and O–H groups in total. The number of hydrogen-bond acceptors (Lipinski definition) is 1. The fourth-order valence-electron chi connectivity index (χ4n) is 3.11. The largest absolute Gasteiger partial charge is 0.393 e. The molecule has 2 saturated carbocycles. The van der Waals surface area contributed by atoms with Crippen LogP contribution in [-0.4, -0.2) is 11.2 Å². The van der Waals surface area contributed by atoms with Crippen LogP contribution in [0.25, 0.3) is 0 Å². The number of rotatable bonds is 1. The highest BCUT2D eigenvalue weighted by Gasteiger charge is 2.43. The Hall–Kier alpha value is -0.300. The van der Waals surface area contributed by atoms with Gasteiger partial charge in [-0.15, -0.1) is 0 Å². The lowest BCUT2D eigenvalue weighted by molar-refractivity contribution is 0.0969. The molecule has 0 aromatic rings. The summed E-state index contributed by atoms with van der Waals surface area (Å²) in [5.41, 5.74) is 1.65. The van der Waals surface area contributed by atoms with Crippen LogP contribution < -0.4 is 0 Å². The van der Waals surface area contributed by atoms with Gasteiger partial charge in [0.15, 0.2) is 0 Å². The maximum atomic E-state index is 9.51. The molecule has 2 fully saturated rings. The van der Waals surface area contributed by atoms with E-state index in [-0.39, 0.29) is 6.10 Å². The van der Waals surface area contributed by atoms with Crippen LogP contribution in [0.1, 0.15) is 33.1 Å². The van der Waals surface area contributed by atoms with Gasteiger partial charge < -0.3 is 5.11 Å². The maximum Gasteiger partial charge on any atom is 0.0543 e. The lowest BCUT2D eigenvalue weighted by atomic mass is 9.83. The van der Waals surface area contributed by atoms with E-state index in [4.69, 9.17) is 0 Å². The van der Waals surface area contributed by atoms with Crippen molar-refractivity contribution in [3.63, 3.8) is 0 Å². The van der Waals surface area contributed by atoms with Gasteiger partial charge in [0.25, 0.3) is 0 Å². The minimum atomic E-state index is -0.0848. The monoisotopic (exact) mass is 166 g/mol. The molecule has 0 amide bonds. The molecule has 2 aliphatic carbocycles. The van der Waals surface area contributed by atoms with Crippen molar-refractivity contribution in [1.82, 2.24) is 0 Å². The van der Waals surface area contributed by atoms with Crippen LogP contribution in [0.15, 0.2) is 11.6 Å². The molecular weight excluding hydrogens is 148 g/mol. The second-order valence-electron chi connectivity index (χ2n) is 4.40. The van der Waals surface area contributed by atoms with Crippen LogP contribution in [0.5, 0.6) is 0 Å². The van der Waals surface area contributed by atoms with Crippen LogP contribution in [0.4, 0.5) is 0 Å². The van der Waals surface area contributed by atoms with Gasteiger partial charge in [0.2, 0.25) is 0 Å². The van der Waals surface area contributed by atoms with Crippen molar-refractivity contribution in [2.45, 2.75) is 39.2 Å². The van der Waals surface area contributed by atoms with Gasteiger partial charge in [0, 0.05) is 0 Å². The molecule has 0 aliphatic heterocycles. The predicted octanol–water partition coefficient (Wildman–Crippen LogP) is 2.36. The smallest absolute Gasteiger partial charge is 0.0543 e. The minimum Gasteiger partial charge on any atom is -0.393 e. The van der Waals surface area contributed by atoms with Gasteiger partial charge in [-0.1, -0.05) is 11.6 Å². The molecule has 12 heavy (non-hydrogen) atoms. The average molecular weight is 166 g/mol. The Morgan fingerprint density at radius 1 is 1.50 bits per heavy atom. The summed E-state index contributed by atoms with van der Waals surface area (Å²) in [6.07, 6.45) is 6.04. The zero-order valence-corrected chi connectivity index (χ0v) is 7.96.